The molecular weight excluding hydrogens is 310 g/mol. The Balaban J connectivity index is 1.66. The minimum atomic E-state index is -0.925. The summed E-state index contributed by atoms with van der Waals surface area (Å²) in [7, 11) is 0. The zero-order valence-electron chi connectivity index (χ0n) is 12.8. The van der Waals surface area contributed by atoms with Crippen LogP contribution in [0.15, 0.2) is 41.8 Å². The third kappa shape index (κ3) is 3.62. The van der Waals surface area contributed by atoms with Crippen LogP contribution in [0.1, 0.15) is 28.8 Å². The third-order valence-corrected chi connectivity index (χ3v) is 5.18. The monoisotopic (exact) mass is 329 g/mol. The summed E-state index contributed by atoms with van der Waals surface area (Å²) in [4.78, 5) is 26.9. The molecule has 1 amide bonds. The van der Waals surface area contributed by atoms with Crippen LogP contribution in [-0.4, -0.2) is 27.9 Å². The molecule has 0 aliphatic carbocycles. The summed E-state index contributed by atoms with van der Waals surface area (Å²) < 4.78 is 0. The Labute approximate surface area is 139 Å². The normalized spacial score (nSPS) is 16.9. The molecule has 5 heteroatoms. The number of carboxylic acids is 1. The lowest BCUT2D eigenvalue weighted by Gasteiger charge is -2.34. The van der Waals surface area contributed by atoms with E-state index in [1.165, 1.54) is 9.78 Å². The van der Waals surface area contributed by atoms with Gasteiger partial charge in [0.15, 0.2) is 0 Å². The molecule has 0 fully saturated rings. The highest BCUT2D eigenvalue weighted by molar-refractivity contribution is 7.09. The molecule has 0 radical (unpaired) electrons. The van der Waals surface area contributed by atoms with Gasteiger partial charge in [0, 0.05) is 24.3 Å². The number of carboxylic acid groups (broad SMARTS) is 1. The van der Waals surface area contributed by atoms with Crippen molar-refractivity contribution in [3.05, 3.63) is 57.8 Å². The first-order valence-corrected chi connectivity index (χ1v) is 8.64. The number of hydrogen-bond acceptors (Lipinski definition) is 3. The van der Waals surface area contributed by atoms with Gasteiger partial charge in [-0.3, -0.25) is 4.79 Å². The van der Waals surface area contributed by atoms with Crippen LogP contribution in [0.3, 0.4) is 0 Å². The molecule has 2 aromatic rings. The fourth-order valence-electron chi connectivity index (χ4n) is 3.02. The number of fused-ring (bicyclic) bond motifs is 1. The maximum Gasteiger partial charge on any atom is 0.326 e. The summed E-state index contributed by atoms with van der Waals surface area (Å²) >= 11 is 1.69. The fourth-order valence-corrected chi connectivity index (χ4v) is 3.77. The minimum Gasteiger partial charge on any atom is -0.480 e. The Kier molecular flexibility index (Phi) is 4.76. The van der Waals surface area contributed by atoms with Crippen LogP contribution in [0.4, 0.5) is 0 Å². The molecule has 1 atom stereocenters. The second-order valence-electron chi connectivity index (χ2n) is 5.78. The second-order valence-corrected chi connectivity index (χ2v) is 6.81. The van der Waals surface area contributed by atoms with Gasteiger partial charge in [-0.25, -0.2) is 4.79 Å². The van der Waals surface area contributed by atoms with Gasteiger partial charge in [-0.2, -0.15) is 0 Å². The second kappa shape index (κ2) is 6.96. The van der Waals surface area contributed by atoms with Crippen molar-refractivity contribution < 1.29 is 14.7 Å². The Bertz CT molecular complexity index is 696. The van der Waals surface area contributed by atoms with Crippen LogP contribution in [-0.2, 0) is 29.0 Å². The molecule has 1 N–H and O–H groups in total. The first-order chi connectivity index (χ1) is 11.1. The molecule has 0 saturated heterocycles. The molecule has 0 saturated carbocycles. The zero-order valence-corrected chi connectivity index (χ0v) is 13.6. The number of aryl methyl sites for hydroxylation is 1. The van der Waals surface area contributed by atoms with E-state index < -0.39 is 12.0 Å². The number of carbonyl (C=O) groups is 2. The van der Waals surface area contributed by atoms with Gasteiger partial charge in [0.1, 0.15) is 6.04 Å². The van der Waals surface area contributed by atoms with E-state index in [0.717, 1.165) is 24.0 Å². The molecule has 4 nitrogen and oxygen atoms in total. The molecule has 0 unspecified atom stereocenters. The van der Waals surface area contributed by atoms with E-state index in [2.05, 4.69) is 6.07 Å². The van der Waals surface area contributed by atoms with Crippen molar-refractivity contribution in [2.24, 2.45) is 0 Å². The Morgan fingerprint density at radius 3 is 2.65 bits per heavy atom. The summed E-state index contributed by atoms with van der Waals surface area (Å²) in [6, 6.07) is 11.1. The van der Waals surface area contributed by atoms with E-state index >= 15 is 0 Å². The quantitative estimate of drug-likeness (QED) is 0.917. The van der Waals surface area contributed by atoms with Gasteiger partial charge in [-0.05, 0) is 35.4 Å². The molecule has 0 bridgehead atoms. The van der Waals surface area contributed by atoms with E-state index in [9.17, 15) is 14.7 Å². The Hall–Kier alpha value is -2.14. The standard InChI is InChI=1S/C18H19NO3S/c20-17(9-3-7-15-8-4-10-23-15)19-12-14-6-2-1-5-13(14)11-16(19)18(21)22/h1-2,4-6,8,10,16H,3,7,9,11-12H2,(H,21,22)/t16-/m1/s1. The third-order valence-electron chi connectivity index (χ3n) is 4.25. The molecule has 23 heavy (non-hydrogen) atoms. The average Bonchev–Trinajstić information content (AvgIpc) is 3.06. The number of thiophene rings is 1. The molecule has 2 heterocycles. The number of carbonyl (C=O) groups excluding carboxylic acids is 1. The summed E-state index contributed by atoms with van der Waals surface area (Å²) in [6.45, 7) is 0.394. The lowest BCUT2D eigenvalue weighted by molar-refractivity contribution is -0.151. The number of aliphatic carboxylic acids is 1. The number of benzene rings is 1. The number of hydrogen-bond donors (Lipinski definition) is 1. The van der Waals surface area contributed by atoms with E-state index in [4.69, 9.17) is 0 Å². The molecule has 0 spiro atoms. The van der Waals surface area contributed by atoms with E-state index in [-0.39, 0.29) is 5.91 Å². The number of rotatable bonds is 5. The molecule has 1 aromatic carbocycles. The van der Waals surface area contributed by atoms with Crippen molar-refractivity contribution >= 4 is 23.2 Å². The minimum absolute atomic E-state index is 0.0662. The number of amides is 1. The van der Waals surface area contributed by atoms with Gasteiger partial charge in [0.25, 0.3) is 0 Å². The maximum atomic E-state index is 12.5. The molecule has 3 rings (SSSR count). The highest BCUT2D eigenvalue weighted by Gasteiger charge is 2.33. The van der Waals surface area contributed by atoms with Gasteiger partial charge >= 0.3 is 5.97 Å². The SMILES string of the molecule is O=C(O)[C@H]1Cc2ccccc2CN1C(=O)CCCc1cccs1. The van der Waals surface area contributed by atoms with Crippen LogP contribution < -0.4 is 0 Å². The Morgan fingerprint density at radius 2 is 1.96 bits per heavy atom. The van der Waals surface area contributed by atoms with Gasteiger partial charge in [0.2, 0.25) is 5.91 Å². The van der Waals surface area contributed by atoms with Crippen molar-refractivity contribution in [1.82, 2.24) is 4.90 Å². The van der Waals surface area contributed by atoms with Gasteiger partial charge in [-0.1, -0.05) is 30.3 Å². The molecular formula is C18H19NO3S. The van der Waals surface area contributed by atoms with E-state index in [0.29, 0.717) is 19.4 Å². The van der Waals surface area contributed by atoms with Gasteiger partial charge in [-0.15, -0.1) is 11.3 Å². The predicted octanol–water partition coefficient (Wildman–Crippen LogP) is 3.11. The summed E-state index contributed by atoms with van der Waals surface area (Å²) in [6.07, 6.45) is 2.40. The van der Waals surface area contributed by atoms with Gasteiger partial charge in [0.05, 0.1) is 0 Å². The number of nitrogens with zero attached hydrogens (tertiary/aromatic N) is 1. The lowest BCUT2D eigenvalue weighted by Crippen LogP contribution is -2.48. The van der Waals surface area contributed by atoms with E-state index in [1.54, 1.807) is 11.3 Å². The smallest absolute Gasteiger partial charge is 0.326 e. The highest BCUT2D eigenvalue weighted by atomic mass is 32.1. The average molecular weight is 329 g/mol. The first-order valence-electron chi connectivity index (χ1n) is 7.76. The first kappa shape index (κ1) is 15.7. The van der Waals surface area contributed by atoms with Crippen LogP contribution in [0.5, 0.6) is 0 Å². The summed E-state index contributed by atoms with van der Waals surface area (Å²) in [5.41, 5.74) is 2.08. The van der Waals surface area contributed by atoms with Crippen LogP contribution >= 0.6 is 11.3 Å². The van der Waals surface area contributed by atoms with Crippen LogP contribution in [0.2, 0.25) is 0 Å². The van der Waals surface area contributed by atoms with Crippen LogP contribution in [0.25, 0.3) is 0 Å². The van der Waals surface area contributed by atoms with Crippen molar-refractivity contribution in [3.63, 3.8) is 0 Å². The van der Waals surface area contributed by atoms with Crippen molar-refractivity contribution in [2.45, 2.75) is 38.3 Å². The largest absolute Gasteiger partial charge is 0.480 e. The lowest BCUT2D eigenvalue weighted by atomic mass is 9.93. The zero-order chi connectivity index (χ0) is 16.2. The van der Waals surface area contributed by atoms with Crippen molar-refractivity contribution in [3.8, 4) is 0 Å². The molecule has 1 aliphatic rings. The molecule has 1 aromatic heterocycles. The molecule has 1 aliphatic heterocycles. The van der Waals surface area contributed by atoms with Crippen molar-refractivity contribution in [1.29, 1.82) is 0 Å². The van der Waals surface area contributed by atoms with Crippen molar-refractivity contribution in [2.75, 3.05) is 0 Å². The summed E-state index contributed by atoms with van der Waals surface area (Å²) in [5.74, 6) is -0.991. The fraction of sp³-hybridized carbons (Fsp3) is 0.333. The highest BCUT2D eigenvalue weighted by Crippen LogP contribution is 2.24. The Morgan fingerprint density at radius 1 is 1.17 bits per heavy atom. The predicted molar refractivity (Wildman–Crippen MR) is 89.4 cm³/mol. The summed E-state index contributed by atoms with van der Waals surface area (Å²) in [5, 5.41) is 11.5. The topological polar surface area (TPSA) is 57.6 Å². The van der Waals surface area contributed by atoms with Gasteiger partial charge < -0.3 is 10.0 Å². The maximum absolute atomic E-state index is 12.5. The van der Waals surface area contributed by atoms with Crippen LogP contribution in [0, 0.1) is 0 Å². The van der Waals surface area contributed by atoms with E-state index in [1.807, 2.05) is 35.7 Å². The molecule has 120 valence electrons.